The Morgan fingerprint density at radius 3 is 1.95 bits per heavy atom. The van der Waals surface area contributed by atoms with Crippen molar-refractivity contribution < 1.29 is 8.42 Å². The maximum atomic E-state index is 12.8. The molecule has 122 valence electrons. The molecule has 0 radical (unpaired) electrons. The Kier molecular flexibility index (Phi) is 4.60. The fourth-order valence-electron chi connectivity index (χ4n) is 4.36. The lowest BCUT2D eigenvalue weighted by Gasteiger charge is -2.41. The molecule has 0 unspecified atom stereocenters. The standard InChI is InChI=1S/C15H29N3O2S/c16-13-14-3-9-17(10-4-14)21(19,20)18-11-7-15(8-12-18)5-1-2-6-15/h14H,1-13,16H2. The molecule has 5 nitrogen and oxygen atoms in total. The Bertz CT molecular complexity index is 442. The van der Waals surface area contributed by atoms with E-state index in [2.05, 4.69) is 0 Å². The van der Waals surface area contributed by atoms with Gasteiger partial charge in [-0.3, -0.25) is 0 Å². The van der Waals surface area contributed by atoms with E-state index in [1.165, 1.54) is 25.7 Å². The molecule has 0 amide bonds. The van der Waals surface area contributed by atoms with E-state index in [4.69, 9.17) is 5.73 Å². The number of hydrogen-bond donors (Lipinski definition) is 1. The minimum absolute atomic E-state index is 0.471. The minimum atomic E-state index is -3.24. The van der Waals surface area contributed by atoms with Gasteiger partial charge in [0.05, 0.1) is 0 Å². The van der Waals surface area contributed by atoms with E-state index in [9.17, 15) is 8.42 Å². The van der Waals surface area contributed by atoms with Gasteiger partial charge < -0.3 is 5.73 Å². The molecule has 6 heteroatoms. The summed E-state index contributed by atoms with van der Waals surface area (Å²) >= 11 is 0. The van der Waals surface area contributed by atoms with Crippen LogP contribution < -0.4 is 5.73 Å². The van der Waals surface area contributed by atoms with Crippen LogP contribution in [0.5, 0.6) is 0 Å². The molecule has 0 aromatic rings. The SMILES string of the molecule is NCC1CCN(S(=O)(=O)N2CCC3(CCCC3)CC2)CC1. The Labute approximate surface area is 129 Å². The Morgan fingerprint density at radius 2 is 1.43 bits per heavy atom. The van der Waals surface area contributed by atoms with E-state index in [0.717, 1.165) is 38.8 Å². The lowest BCUT2D eigenvalue weighted by Crippen LogP contribution is -2.51. The second-order valence-electron chi connectivity index (χ2n) is 7.19. The van der Waals surface area contributed by atoms with Crippen LogP contribution in [0.15, 0.2) is 0 Å². The van der Waals surface area contributed by atoms with Gasteiger partial charge in [-0.25, -0.2) is 0 Å². The van der Waals surface area contributed by atoms with Crippen LogP contribution in [-0.2, 0) is 10.2 Å². The van der Waals surface area contributed by atoms with Crippen LogP contribution in [0.2, 0.25) is 0 Å². The molecule has 1 aliphatic carbocycles. The van der Waals surface area contributed by atoms with Gasteiger partial charge >= 0.3 is 0 Å². The second kappa shape index (κ2) is 6.14. The van der Waals surface area contributed by atoms with Crippen molar-refractivity contribution in [1.82, 2.24) is 8.61 Å². The number of hydrogen-bond acceptors (Lipinski definition) is 3. The molecule has 1 spiro atoms. The van der Waals surface area contributed by atoms with Gasteiger partial charge in [0.2, 0.25) is 0 Å². The summed E-state index contributed by atoms with van der Waals surface area (Å²) in [6.07, 6.45) is 9.22. The molecule has 21 heavy (non-hydrogen) atoms. The average Bonchev–Trinajstić information content (AvgIpc) is 2.96. The topological polar surface area (TPSA) is 66.6 Å². The van der Waals surface area contributed by atoms with E-state index < -0.39 is 10.2 Å². The van der Waals surface area contributed by atoms with E-state index in [1.807, 2.05) is 0 Å². The Hall–Kier alpha value is -0.170. The van der Waals surface area contributed by atoms with Crippen molar-refractivity contribution in [3.05, 3.63) is 0 Å². The van der Waals surface area contributed by atoms with Crippen molar-refractivity contribution in [3.8, 4) is 0 Å². The summed E-state index contributed by atoms with van der Waals surface area (Å²) in [5.41, 5.74) is 6.16. The molecule has 3 rings (SSSR count). The summed E-state index contributed by atoms with van der Waals surface area (Å²) in [7, 11) is -3.24. The average molecular weight is 315 g/mol. The first kappa shape index (κ1) is 15.7. The monoisotopic (exact) mass is 315 g/mol. The number of rotatable bonds is 3. The predicted molar refractivity (Wildman–Crippen MR) is 84.0 cm³/mol. The van der Waals surface area contributed by atoms with Crippen LogP contribution in [0.4, 0.5) is 0 Å². The summed E-state index contributed by atoms with van der Waals surface area (Å²) in [4.78, 5) is 0. The molecule has 0 aromatic heterocycles. The van der Waals surface area contributed by atoms with Crippen molar-refractivity contribution in [3.63, 3.8) is 0 Å². The van der Waals surface area contributed by atoms with Crippen molar-refractivity contribution >= 4 is 10.2 Å². The van der Waals surface area contributed by atoms with Crippen molar-refractivity contribution in [2.75, 3.05) is 32.7 Å². The lowest BCUT2D eigenvalue weighted by molar-refractivity contribution is 0.151. The molecular weight excluding hydrogens is 286 g/mol. The minimum Gasteiger partial charge on any atom is -0.330 e. The van der Waals surface area contributed by atoms with Gasteiger partial charge in [0, 0.05) is 26.2 Å². The maximum Gasteiger partial charge on any atom is 0.281 e. The van der Waals surface area contributed by atoms with Gasteiger partial charge in [0.25, 0.3) is 10.2 Å². The molecule has 1 saturated carbocycles. The summed E-state index contributed by atoms with van der Waals surface area (Å²) in [5, 5.41) is 0. The predicted octanol–water partition coefficient (Wildman–Crippen LogP) is 1.56. The third-order valence-corrected chi connectivity index (χ3v) is 8.04. The number of nitrogens with two attached hydrogens (primary N) is 1. The first-order valence-electron chi connectivity index (χ1n) is 8.51. The highest BCUT2D eigenvalue weighted by Gasteiger charge is 2.41. The van der Waals surface area contributed by atoms with Crippen LogP contribution in [0.1, 0.15) is 51.4 Å². The highest BCUT2D eigenvalue weighted by Crippen LogP contribution is 2.46. The van der Waals surface area contributed by atoms with Crippen LogP contribution in [0.3, 0.4) is 0 Å². The van der Waals surface area contributed by atoms with E-state index in [1.54, 1.807) is 8.61 Å². The van der Waals surface area contributed by atoms with Crippen molar-refractivity contribution in [2.24, 2.45) is 17.1 Å². The molecular formula is C15H29N3O2S. The van der Waals surface area contributed by atoms with Crippen LogP contribution in [-0.4, -0.2) is 49.8 Å². The van der Waals surface area contributed by atoms with E-state index >= 15 is 0 Å². The van der Waals surface area contributed by atoms with Gasteiger partial charge in [-0.1, -0.05) is 12.8 Å². The van der Waals surface area contributed by atoms with E-state index in [0.29, 0.717) is 31.0 Å². The fourth-order valence-corrected chi connectivity index (χ4v) is 6.00. The summed E-state index contributed by atoms with van der Waals surface area (Å²) in [6, 6.07) is 0. The number of nitrogens with zero attached hydrogens (tertiary/aromatic N) is 2. The smallest absolute Gasteiger partial charge is 0.281 e. The van der Waals surface area contributed by atoms with Crippen molar-refractivity contribution in [2.45, 2.75) is 51.4 Å². The summed E-state index contributed by atoms with van der Waals surface area (Å²) < 4.78 is 28.9. The van der Waals surface area contributed by atoms with Crippen LogP contribution in [0.25, 0.3) is 0 Å². The summed E-state index contributed by atoms with van der Waals surface area (Å²) in [6.45, 7) is 3.41. The quantitative estimate of drug-likeness (QED) is 0.859. The van der Waals surface area contributed by atoms with Gasteiger partial charge in [-0.05, 0) is 56.4 Å². The number of piperidine rings is 2. The molecule has 3 aliphatic rings. The van der Waals surface area contributed by atoms with Gasteiger partial charge in [0.1, 0.15) is 0 Å². The molecule has 2 aliphatic heterocycles. The van der Waals surface area contributed by atoms with E-state index in [-0.39, 0.29) is 0 Å². The fraction of sp³-hybridized carbons (Fsp3) is 1.00. The van der Waals surface area contributed by atoms with Crippen molar-refractivity contribution in [1.29, 1.82) is 0 Å². The van der Waals surface area contributed by atoms with Gasteiger partial charge in [0.15, 0.2) is 0 Å². The zero-order valence-corrected chi connectivity index (χ0v) is 13.8. The zero-order chi connectivity index (χ0) is 14.9. The second-order valence-corrected chi connectivity index (χ2v) is 9.12. The third kappa shape index (κ3) is 3.14. The summed E-state index contributed by atoms with van der Waals surface area (Å²) in [5.74, 6) is 0.500. The molecule has 2 N–H and O–H groups in total. The molecule has 0 aromatic carbocycles. The molecule has 3 fully saturated rings. The molecule has 2 saturated heterocycles. The Balaban J connectivity index is 1.59. The first-order chi connectivity index (χ1) is 10.1. The highest BCUT2D eigenvalue weighted by atomic mass is 32.2. The molecule has 0 bridgehead atoms. The van der Waals surface area contributed by atoms with Gasteiger partial charge in [-0.2, -0.15) is 17.0 Å². The maximum absolute atomic E-state index is 12.8. The largest absolute Gasteiger partial charge is 0.330 e. The zero-order valence-electron chi connectivity index (χ0n) is 13.0. The normalized spacial score (nSPS) is 29.2. The Morgan fingerprint density at radius 1 is 0.905 bits per heavy atom. The highest BCUT2D eigenvalue weighted by molar-refractivity contribution is 7.86. The van der Waals surface area contributed by atoms with Crippen LogP contribution in [0, 0.1) is 11.3 Å². The lowest BCUT2D eigenvalue weighted by atomic mass is 9.78. The van der Waals surface area contributed by atoms with Gasteiger partial charge in [-0.15, -0.1) is 0 Å². The third-order valence-electron chi connectivity index (χ3n) is 6.01. The molecule has 2 heterocycles. The first-order valence-corrected chi connectivity index (χ1v) is 9.91. The molecule has 0 atom stereocenters. The van der Waals surface area contributed by atoms with Crippen LogP contribution >= 0.6 is 0 Å².